The summed E-state index contributed by atoms with van der Waals surface area (Å²) in [5.74, 6) is 2.01. The average Bonchev–Trinajstić information content (AvgIpc) is 2.46. The first-order chi connectivity index (χ1) is 10.1. The Morgan fingerprint density at radius 1 is 0.952 bits per heavy atom. The molecule has 2 N–H and O–H groups in total. The maximum atomic E-state index is 5.82. The zero-order valence-electron chi connectivity index (χ0n) is 13.0. The normalized spacial score (nSPS) is 10.6. The summed E-state index contributed by atoms with van der Waals surface area (Å²) < 4.78 is 5.79. The number of ether oxygens (including phenoxy) is 1. The highest BCUT2D eigenvalue weighted by atomic mass is 32.2. The van der Waals surface area contributed by atoms with E-state index in [4.69, 9.17) is 10.5 Å². The molecule has 0 saturated carbocycles. The van der Waals surface area contributed by atoms with Gasteiger partial charge in [-0.2, -0.15) is 0 Å². The van der Waals surface area contributed by atoms with Crippen molar-refractivity contribution in [2.24, 2.45) is 0 Å². The van der Waals surface area contributed by atoms with E-state index < -0.39 is 0 Å². The van der Waals surface area contributed by atoms with E-state index in [0.717, 1.165) is 35.8 Å². The first-order valence-corrected chi connectivity index (χ1v) is 8.24. The predicted octanol–water partition coefficient (Wildman–Crippen LogP) is 4.76. The molecular formula is C18H23NOS. The van der Waals surface area contributed by atoms with Crippen LogP contribution in [0.2, 0.25) is 0 Å². The molecule has 0 aliphatic heterocycles. The predicted molar refractivity (Wildman–Crippen MR) is 92.3 cm³/mol. The molecular weight excluding hydrogens is 278 g/mol. The van der Waals surface area contributed by atoms with E-state index in [1.807, 2.05) is 30.8 Å². The molecule has 0 fully saturated rings. The molecule has 0 atom stereocenters. The summed E-state index contributed by atoms with van der Waals surface area (Å²) in [6.45, 7) is 7.03. The minimum atomic E-state index is 0.753. The van der Waals surface area contributed by atoms with Crippen molar-refractivity contribution in [3.05, 3.63) is 53.1 Å². The lowest BCUT2D eigenvalue weighted by Crippen LogP contribution is -1.99. The van der Waals surface area contributed by atoms with Crippen LogP contribution < -0.4 is 10.5 Å². The summed E-state index contributed by atoms with van der Waals surface area (Å²) in [5, 5.41) is 0. The average molecular weight is 301 g/mol. The molecule has 112 valence electrons. The number of nitrogen functional groups attached to an aromatic ring is 1. The number of nitrogens with two attached hydrogens (primary N) is 1. The van der Waals surface area contributed by atoms with Gasteiger partial charge in [0.05, 0.1) is 6.61 Å². The van der Waals surface area contributed by atoms with Crippen molar-refractivity contribution in [3.63, 3.8) is 0 Å². The highest BCUT2D eigenvalue weighted by Crippen LogP contribution is 2.23. The highest BCUT2D eigenvalue weighted by Gasteiger charge is 2.00. The van der Waals surface area contributed by atoms with Crippen LogP contribution in [0, 0.1) is 20.8 Å². The van der Waals surface area contributed by atoms with Crippen LogP contribution >= 0.6 is 11.8 Å². The third-order valence-corrected chi connectivity index (χ3v) is 4.63. The van der Waals surface area contributed by atoms with Crippen LogP contribution in [0.5, 0.6) is 5.75 Å². The smallest absolute Gasteiger partial charge is 0.119 e. The molecule has 2 nitrogen and oxygen atoms in total. The monoisotopic (exact) mass is 301 g/mol. The fourth-order valence-electron chi connectivity index (χ4n) is 1.98. The van der Waals surface area contributed by atoms with Crippen LogP contribution in [-0.4, -0.2) is 12.4 Å². The van der Waals surface area contributed by atoms with Gasteiger partial charge in [-0.3, -0.25) is 0 Å². The molecule has 0 heterocycles. The number of anilines is 1. The number of aryl methyl sites for hydroxylation is 3. The first-order valence-electron chi connectivity index (χ1n) is 7.25. The summed E-state index contributed by atoms with van der Waals surface area (Å²) in [7, 11) is 0. The number of rotatable bonds is 6. The Labute approximate surface area is 131 Å². The Hall–Kier alpha value is -1.61. The molecule has 0 bridgehead atoms. The van der Waals surface area contributed by atoms with E-state index in [0.29, 0.717) is 0 Å². The molecule has 21 heavy (non-hydrogen) atoms. The molecule has 3 heteroatoms. The Morgan fingerprint density at radius 2 is 1.76 bits per heavy atom. The third-order valence-electron chi connectivity index (χ3n) is 3.55. The molecule has 0 spiro atoms. The second-order valence-corrected chi connectivity index (χ2v) is 6.48. The number of hydrogen-bond donors (Lipinski definition) is 1. The van der Waals surface area contributed by atoms with Gasteiger partial charge in [0.2, 0.25) is 0 Å². The first kappa shape index (κ1) is 15.8. The van der Waals surface area contributed by atoms with E-state index in [2.05, 4.69) is 38.1 Å². The zero-order valence-corrected chi connectivity index (χ0v) is 13.8. The van der Waals surface area contributed by atoms with Crippen molar-refractivity contribution in [3.8, 4) is 5.75 Å². The van der Waals surface area contributed by atoms with E-state index in [9.17, 15) is 0 Å². The van der Waals surface area contributed by atoms with Crippen molar-refractivity contribution in [1.29, 1.82) is 0 Å². The molecule has 0 saturated heterocycles. The van der Waals surface area contributed by atoms with Crippen LogP contribution in [0.1, 0.15) is 23.1 Å². The van der Waals surface area contributed by atoms with Crippen molar-refractivity contribution in [2.45, 2.75) is 32.1 Å². The van der Waals surface area contributed by atoms with Gasteiger partial charge in [0.25, 0.3) is 0 Å². The second kappa shape index (κ2) is 7.41. The second-order valence-electron chi connectivity index (χ2n) is 5.31. The Morgan fingerprint density at radius 3 is 2.48 bits per heavy atom. The van der Waals surface area contributed by atoms with Gasteiger partial charge in [0.1, 0.15) is 5.75 Å². The highest BCUT2D eigenvalue weighted by molar-refractivity contribution is 7.99. The Bertz CT molecular complexity index is 557. The SMILES string of the molecule is Cc1ccc(OCCCSc2ccc(N)c(C)c2)cc1C. The fraction of sp³-hybridized carbons (Fsp3) is 0.333. The maximum absolute atomic E-state index is 5.82. The van der Waals surface area contributed by atoms with Crippen LogP contribution in [0.25, 0.3) is 0 Å². The Balaban J connectivity index is 1.72. The van der Waals surface area contributed by atoms with E-state index >= 15 is 0 Å². The quantitative estimate of drug-likeness (QED) is 0.475. The van der Waals surface area contributed by atoms with Crippen LogP contribution in [0.15, 0.2) is 41.3 Å². The van der Waals surface area contributed by atoms with Gasteiger partial charge < -0.3 is 10.5 Å². The van der Waals surface area contributed by atoms with Crippen LogP contribution in [-0.2, 0) is 0 Å². The summed E-state index contributed by atoms with van der Waals surface area (Å²) in [5.41, 5.74) is 10.4. The largest absolute Gasteiger partial charge is 0.494 e. The van der Waals surface area contributed by atoms with Gasteiger partial charge in [-0.05, 0) is 74.2 Å². The molecule has 0 radical (unpaired) electrons. The van der Waals surface area contributed by atoms with Crippen molar-refractivity contribution in [1.82, 2.24) is 0 Å². The van der Waals surface area contributed by atoms with E-state index in [-0.39, 0.29) is 0 Å². The molecule has 0 aliphatic rings. The lowest BCUT2D eigenvalue weighted by Gasteiger charge is -2.08. The maximum Gasteiger partial charge on any atom is 0.119 e. The molecule has 2 rings (SSSR count). The Kier molecular flexibility index (Phi) is 5.57. The van der Waals surface area contributed by atoms with Crippen molar-refractivity contribution >= 4 is 17.4 Å². The molecule has 0 aliphatic carbocycles. The van der Waals surface area contributed by atoms with Gasteiger partial charge in [0.15, 0.2) is 0 Å². The minimum absolute atomic E-state index is 0.753. The molecule has 0 amide bonds. The van der Waals surface area contributed by atoms with Gasteiger partial charge in [-0.25, -0.2) is 0 Å². The fourth-order valence-corrected chi connectivity index (χ4v) is 2.90. The summed E-state index contributed by atoms with van der Waals surface area (Å²) >= 11 is 1.85. The van der Waals surface area contributed by atoms with E-state index in [1.165, 1.54) is 16.0 Å². The van der Waals surface area contributed by atoms with Crippen molar-refractivity contribution < 1.29 is 4.74 Å². The van der Waals surface area contributed by atoms with Crippen LogP contribution in [0.4, 0.5) is 5.69 Å². The van der Waals surface area contributed by atoms with Crippen LogP contribution in [0.3, 0.4) is 0 Å². The van der Waals surface area contributed by atoms with E-state index in [1.54, 1.807) is 0 Å². The topological polar surface area (TPSA) is 35.2 Å². The molecule has 2 aromatic rings. The van der Waals surface area contributed by atoms with Gasteiger partial charge in [-0.15, -0.1) is 11.8 Å². The van der Waals surface area contributed by atoms with Gasteiger partial charge in [-0.1, -0.05) is 6.07 Å². The van der Waals surface area contributed by atoms with Gasteiger partial charge in [0, 0.05) is 16.3 Å². The number of benzene rings is 2. The standard InChI is InChI=1S/C18H23NOS/c1-13-5-6-16(11-14(13)2)20-9-4-10-21-17-7-8-18(19)15(3)12-17/h5-8,11-12H,4,9-10,19H2,1-3H3. The lowest BCUT2D eigenvalue weighted by atomic mass is 10.1. The summed E-state index contributed by atoms with van der Waals surface area (Å²) in [6, 6.07) is 12.5. The van der Waals surface area contributed by atoms with Crippen molar-refractivity contribution in [2.75, 3.05) is 18.1 Å². The molecule has 0 unspecified atom stereocenters. The van der Waals surface area contributed by atoms with Gasteiger partial charge >= 0.3 is 0 Å². The number of thioether (sulfide) groups is 1. The lowest BCUT2D eigenvalue weighted by molar-refractivity contribution is 0.318. The number of hydrogen-bond acceptors (Lipinski definition) is 3. The summed E-state index contributed by atoms with van der Waals surface area (Å²) in [4.78, 5) is 1.27. The minimum Gasteiger partial charge on any atom is -0.494 e. The zero-order chi connectivity index (χ0) is 15.2. The molecule has 0 aromatic heterocycles. The third kappa shape index (κ3) is 4.71. The molecule has 2 aromatic carbocycles. The summed E-state index contributed by atoms with van der Waals surface area (Å²) in [6.07, 6.45) is 1.03.